The van der Waals surface area contributed by atoms with Gasteiger partial charge in [0.1, 0.15) is 5.75 Å². The summed E-state index contributed by atoms with van der Waals surface area (Å²) in [6.45, 7) is 4.15. The second kappa shape index (κ2) is 8.52. The van der Waals surface area contributed by atoms with Crippen LogP contribution in [0.15, 0.2) is 54.7 Å². The van der Waals surface area contributed by atoms with Crippen LogP contribution in [0.25, 0.3) is 10.9 Å². The molecule has 0 spiro atoms. The topological polar surface area (TPSA) is 54.5 Å². The van der Waals surface area contributed by atoms with Gasteiger partial charge in [-0.05, 0) is 37.3 Å². The highest BCUT2D eigenvalue weighted by Gasteiger charge is 2.23. The van der Waals surface area contributed by atoms with Gasteiger partial charge in [0.2, 0.25) is 0 Å². The van der Waals surface area contributed by atoms with Gasteiger partial charge in [-0.1, -0.05) is 18.2 Å². The van der Waals surface area contributed by atoms with Crippen LogP contribution in [-0.4, -0.2) is 47.0 Å². The average molecular weight is 394 g/mol. The summed E-state index contributed by atoms with van der Waals surface area (Å²) in [5, 5.41) is 4.40. The molecular weight excluding hydrogens is 370 g/mol. The monoisotopic (exact) mass is 393 g/mol. The summed E-state index contributed by atoms with van der Waals surface area (Å²) in [6.07, 6.45) is 1.70. The minimum atomic E-state index is 0.0342. The van der Waals surface area contributed by atoms with Gasteiger partial charge in [-0.15, -0.1) is 0 Å². The molecule has 1 aromatic heterocycles. The summed E-state index contributed by atoms with van der Waals surface area (Å²) in [5.41, 5.74) is 3.18. The minimum absolute atomic E-state index is 0.0342. The lowest BCUT2D eigenvalue weighted by molar-refractivity contribution is 0.0773. The Morgan fingerprint density at radius 2 is 1.89 bits per heavy atom. The molecule has 5 nitrogen and oxygen atoms in total. The second-order valence-electron chi connectivity index (χ2n) is 6.55. The number of pyridine rings is 1. The fraction of sp³-hybridized carbons (Fsp3) is 0.273. The molecule has 1 fully saturated rings. The molecule has 3 aromatic rings. The maximum Gasteiger partial charge on any atom is 0.257 e. The van der Waals surface area contributed by atoms with Gasteiger partial charge in [-0.3, -0.25) is 9.78 Å². The zero-order chi connectivity index (χ0) is 19.3. The standard InChI is InChI=1S/C22H23N3O2S/c1-2-27-17-9-7-16(8-10-17)24-21-18-5-3-4-6-20(18)23-15-19(21)22(26)25-11-13-28-14-12-25/h3-10,15H,2,11-14H2,1H3,(H,23,24). The number of anilines is 2. The number of benzene rings is 2. The summed E-state index contributed by atoms with van der Waals surface area (Å²) in [4.78, 5) is 19.7. The molecule has 4 rings (SSSR count). The summed E-state index contributed by atoms with van der Waals surface area (Å²) < 4.78 is 5.52. The zero-order valence-electron chi connectivity index (χ0n) is 15.9. The van der Waals surface area contributed by atoms with Crippen LogP contribution in [0.3, 0.4) is 0 Å². The van der Waals surface area contributed by atoms with Gasteiger partial charge in [0.05, 0.1) is 23.4 Å². The predicted molar refractivity (Wildman–Crippen MR) is 116 cm³/mol. The Labute approximate surface area is 169 Å². The molecule has 0 saturated carbocycles. The molecule has 1 N–H and O–H groups in total. The van der Waals surface area contributed by atoms with Crippen LogP contribution in [0, 0.1) is 0 Å². The summed E-state index contributed by atoms with van der Waals surface area (Å²) in [6, 6.07) is 15.7. The Morgan fingerprint density at radius 3 is 2.64 bits per heavy atom. The van der Waals surface area contributed by atoms with Crippen molar-refractivity contribution in [3.8, 4) is 5.75 Å². The number of hydrogen-bond acceptors (Lipinski definition) is 5. The van der Waals surface area contributed by atoms with Crippen LogP contribution in [0.2, 0.25) is 0 Å². The number of carbonyl (C=O) groups is 1. The second-order valence-corrected chi connectivity index (χ2v) is 7.78. The van der Waals surface area contributed by atoms with Crippen molar-refractivity contribution in [2.24, 2.45) is 0 Å². The molecule has 6 heteroatoms. The summed E-state index contributed by atoms with van der Waals surface area (Å²) in [7, 11) is 0. The summed E-state index contributed by atoms with van der Waals surface area (Å²) >= 11 is 1.89. The number of rotatable bonds is 5. The van der Waals surface area contributed by atoms with Crippen LogP contribution < -0.4 is 10.1 Å². The molecule has 1 aliphatic heterocycles. The zero-order valence-corrected chi connectivity index (χ0v) is 16.7. The van der Waals surface area contributed by atoms with E-state index in [1.54, 1.807) is 6.20 Å². The number of thioether (sulfide) groups is 1. The van der Waals surface area contributed by atoms with E-state index in [-0.39, 0.29) is 5.91 Å². The van der Waals surface area contributed by atoms with Crippen molar-refractivity contribution in [1.82, 2.24) is 9.88 Å². The smallest absolute Gasteiger partial charge is 0.257 e. The Hall–Kier alpha value is -2.73. The largest absolute Gasteiger partial charge is 0.494 e. The molecule has 2 heterocycles. The maximum atomic E-state index is 13.2. The lowest BCUT2D eigenvalue weighted by Crippen LogP contribution is -2.38. The molecular formula is C22H23N3O2S. The fourth-order valence-corrected chi connectivity index (χ4v) is 4.22. The normalized spacial score (nSPS) is 14.1. The Bertz CT molecular complexity index is 969. The van der Waals surface area contributed by atoms with Crippen molar-refractivity contribution in [2.75, 3.05) is 36.5 Å². The molecule has 1 aliphatic rings. The van der Waals surface area contributed by atoms with Gasteiger partial charge in [0.15, 0.2) is 0 Å². The Morgan fingerprint density at radius 1 is 1.14 bits per heavy atom. The third kappa shape index (κ3) is 3.92. The van der Waals surface area contributed by atoms with Crippen LogP contribution in [-0.2, 0) is 0 Å². The predicted octanol–water partition coefficient (Wildman–Crippen LogP) is 4.57. The van der Waals surface area contributed by atoms with E-state index in [1.807, 2.05) is 72.1 Å². The van der Waals surface area contributed by atoms with Crippen molar-refractivity contribution >= 4 is 39.9 Å². The van der Waals surface area contributed by atoms with Crippen LogP contribution >= 0.6 is 11.8 Å². The fourth-order valence-electron chi connectivity index (χ4n) is 3.32. The number of para-hydroxylation sites is 1. The van der Waals surface area contributed by atoms with Crippen molar-refractivity contribution < 1.29 is 9.53 Å². The number of hydrogen-bond donors (Lipinski definition) is 1. The SMILES string of the molecule is CCOc1ccc(Nc2c(C(=O)N3CCSCC3)cnc3ccccc23)cc1. The highest BCUT2D eigenvalue weighted by Crippen LogP contribution is 2.31. The Kier molecular flexibility index (Phi) is 5.67. The van der Waals surface area contributed by atoms with E-state index in [1.165, 1.54) is 0 Å². The minimum Gasteiger partial charge on any atom is -0.494 e. The van der Waals surface area contributed by atoms with Crippen LogP contribution in [0.4, 0.5) is 11.4 Å². The number of nitrogens with one attached hydrogen (secondary N) is 1. The lowest BCUT2D eigenvalue weighted by atomic mass is 10.1. The van der Waals surface area contributed by atoms with E-state index >= 15 is 0 Å². The van der Waals surface area contributed by atoms with Gasteiger partial charge in [0, 0.05) is 41.9 Å². The maximum absolute atomic E-state index is 13.2. The molecule has 1 amide bonds. The average Bonchev–Trinajstić information content (AvgIpc) is 2.76. The number of fused-ring (bicyclic) bond motifs is 1. The van der Waals surface area contributed by atoms with Gasteiger partial charge < -0.3 is 15.0 Å². The summed E-state index contributed by atoms with van der Waals surface area (Å²) in [5.74, 6) is 2.82. The first kappa shape index (κ1) is 18.6. The molecule has 2 aromatic carbocycles. The van der Waals surface area contributed by atoms with E-state index in [0.717, 1.165) is 52.6 Å². The van der Waals surface area contributed by atoms with E-state index in [4.69, 9.17) is 4.74 Å². The molecule has 144 valence electrons. The third-order valence-electron chi connectivity index (χ3n) is 4.74. The number of aromatic nitrogens is 1. The van der Waals surface area contributed by atoms with Gasteiger partial charge in [-0.25, -0.2) is 0 Å². The highest BCUT2D eigenvalue weighted by molar-refractivity contribution is 7.99. The van der Waals surface area contributed by atoms with Crippen molar-refractivity contribution in [2.45, 2.75) is 6.92 Å². The van der Waals surface area contributed by atoms with Crippen molar-refractivity contribution in [3.05, 3.63) is 60.3 Å². The van der Waals surface area contributed by atoms with Crippen molar-refractivity contribution in [1.29, 1.82) is 0 Å². The molecule has 0 radical (unpaired) electrons. The number of nitrogens with zero attached hydrogens (tertiary/aromatic N) is 2. The number of amides is 1. The molecule has 0 unspecified atom stereocenters. The Balaban J connectivity index is 1.72. The molecule has 28 heavy (non-hydrogen) atoms. The molecule has 1 saturated heterocycles. The molecule has 0 bridgehead atoms. The molecule has 0 aliphatic carbocycles. The third-order valence-corrected chi connectivity index (χ3v) is 5.68. The van der Waals surface area contributed by atoms with Gasteiger partial charge in [-0.2, -0.15) is 11.8 Å². The lowest BCUT2D eigenvalue weighted by Gasteiger charge is -2.27. The number of carbonyl (C=O) groups excluding carboxylic acids is 1. The van der Waals surface area contributed by atoms with Crippen molar-refractivity contribution in [3.63, 3.8) is 0 Å². The quantitative estimate of drug-likeness (QED) is 0.688. The number of ether oxygens (including phenoxy) is 1. The van der Waals surface area contributed by atoms with E-state index in [2.05, 4.69) is 10.3 Å². The van der Waals surface area contributed by atoms with Gasteiger partial charge in [0.25, 0.3) is 5.91 Å². The first-order valence-electron chi connectivity index (χ1n) is 9.51. The van der Waals surface area contributed by atoms with E-state index in [9.17, 15) is 4.79 Å². The molecule has 0 atom stereocenters. The van der Waals surface area contributed by atoms with E-state index in [0.29, 0.717) is 12.2 Å². The van der Waals surface area contributed by atoms with E-state index < -0.39 is 0 Å². The first-order valence-corrected chi connectivity index (χ1v) is 10.7. The van der Waals surface area contributed by atoms with Crippen LogP contribution in [0.1, 0.15) is 17.3 Å². The van der Waals surface area contributed by atoms with Gasteiger partial charge >= 0.3 is 0 Å². The first-order chi connectivity index (χ1) is 13.8. The van der Waals surface area contributed by atoms with Crippen LogP contribution in [0.5, 0.6) is 5.75 Å². The highest BCUT2D eigenvalue weighted by atomic mass is 32.2.